The Morgan fingerprint density at radius 1 is 1.33 bits per heavy atom. The van der Waals surface area contributed by atoms with Gasteiger partial charge in [0, 0.05) is 18.4 Å². The van der Waals surface area contributed by atoms with Crippen molar-refractivity contribution in [3.63, 3.8) is 0 Å². The summed E-state index contributed by atoms with van der Waals surface area (Å²) in [6.45, 7) is 0. The number of nitrogens with two attached hydrogens (primary N) is 1. The van der Waals surface area contributed by atoms with Crippen LogP contribution < -0.4 is 5.73 Å². The van der Waals surface area contributed by atoms with Gasteiger partial charge in [0.25, 0.3) is 0 Å². The zero-order valence-corrected chi connectivity index (χ0v) is 11.7. The Bertz CT molecular complexity index is 441. The first kappa shape index (κ1) is 13.7. The molecule has 98 valence electrons. The minimum Gasteiger partial charge on any atom is -0.328 e. The third-order valence-electron chi connectivity index (χ3n) is 3.59. The van der Waals surface area contributed by atoms with Gasteiger partial charge in [-0.25, -0.2) is 4.39 Å². The fourth-order valence-corrected chi connectivity index (χ4v) is 2.86. The van der Waals surface area contributed by atoms with Crippen molar-refractivity contribution in [2.45, 2.75) is 38.1 Å². The maximum absolute atomic E-state index is 13.1. The smallest absolute Gasteiger partial charge is 0.140 e. The zero-order valence-electron chi connectivity index (χ0n) is 10.2. The predicted molar refractivity (Wildman–Crippen MR) is 72.7 cm³/mol. The van der Waals surface area contributed by atoms with Crippen molar-refractivity contribution in [3.8, 4) is 0 Å². The number of carbonyl (C=O) groups is 1. The van der Waals surface area contributed by atoms with E-state index in [1.54, 1.807) is 12.1 Å². The van der Waals surface area contributed by atoms with Gasteiger partial charge in [0.1, 0.15) is 11.6 Å². The minimum atomic E-state index is -0.296. The molecule has 0 spiro atoms. The number of ketones is 1. The second-order valence-corrected chi connectivity index (χ2v) is 5.86. The summed E-state index contributed by atoms with van der Waals surface area (Å²) in [5.41, 5.74) is 6.69. The number of hydrogen-bond acceptors (Lipinski definition) is 2. The highest BCUT2D eigenvalue weighted by atomic mass is 79.9. The molecule has 1 aliphatic rings. The second kappa shape index (κ2) is 5.93. The van der Waals surface area contributed by atoms with Gasteiger partial charge in [0.15, 0.2) is 0 Å². The van der Waals surface area contributed by atoms with Gasteiger partial charge in [0.05, 0.1) is 4.47 Å². The van der Waals surface area contributed by atoms with Crippen LogP contribution in [-0.2, 0) is 11.2 Å². The molecule has 1 aromatic rings. The lowest BCUT2D eigenvalue weighted by atomic mass is 9.82. The maximum Gasteiger partial charge on any atom is 0.140 e. The number of Topliss-reactive ketones (excluding diaryl/α,β-unsaturated/α-hetero) is 1. The van der Waals surface area contributed by atoms with Gasteiger partial charge in [-0.3, -0.25) is 4.79 Å². The molecule has 0 atom stereocenters. The Morgan fingerprint density at radius 3 is 2.61 bits per heavy atom. The summed E-state index contributed by atoms with van der Waals surface area (Å²) in [6.07, 6.45) is 4.04. The standard InChI is InChI=1S/C14H17BrFNO/c15-12-7-9(1-6-13(12)16)8-14(18)10-2-4-11(17)5-3-10/h1,6-7,10-11H,2-5,8,17H2. The molecule has 1 fully saturated rings. The van der Waals surface area contributed by atoms with Crippen LogP contribution in [0.15, 0.2) is 22.7 Å². The summed E-state index contributed by atoms with van der Waals surface area (Å²) in [5, 5.41) is 0. The van der Waals surface area contributed by atoms with E-state index in [4.69, 9.17) is 5.73 Å². The maximum atomic E-state index is 13.1. The molecule has 0 aliphatic heterocycles. The summed E-state index contributed by atoms with van der Waals surface area (Å²) >= 11 is 3.14. The lowest BCUT2D eigenvalue weighted by Gasteiger charge is -2.25. The summed E-state index contributed by atoms with van der Waals surface area (Å²) in [4.78, 5) is 12.1. The predicted octanol–water partition coefficient (Wildman–Crippen LogP) is 3.22. The number of benzene rings is 1. The van der Waals surface area contributed by atoms with E-state index in [0.29, 0.717) is 10.9 Å². The zero-order chi connectivity index (χ0) is 13.1. The van der Waals surface area contributed by atoms with Crippen LogP contribution in [0.5, 0.6) is 0 Å². The van der Waals surface area contributed by atoms with Crippen LogP contribution in [0.2, 0.25) is 0 Å². The summed E-state index contributed by atoms with van der Waals surface area (Å²) in [7, 11) is 0. The van der Waals surface area contributed by atoms with Crippen molar-refractivity contribution in [2.75, 3.05) is 0 Å². The molecule has 0 aromatic heterocycles. The molecule has 2 rings (SSSR count). The van der Waals surface area contributed by atoms with Crippen molar-refractivity contribution in [3.05, 3.63) is 34.1 Å². The van der Waals surface area contributed by atoms with Crippen LogP contribution in [0, 0.1) is 11.7 Å². The SMILES string of the molecule is NC1CCC(C(=O)Cc2ccc(F)c(Br)c2)CC1. The molecule has 0 radical (unpaired) electrons. The van der Waals surface area contributed by atoms with Crippen LogP contribution in [0.1, 0.15) is 31.2 Å². The monoisotopic (exact) mass is 313 g/mol. The third kappa shape index (κ3) is 3.39. The second-order valence-electron chi connectivity index (χ2n) is 5.00. The Morgan fingerprint density at radius 2 is 2.00 bits per heavy atom. The molecular formula is C14H17BrFNO. The molecule has 18 heavy (non-hydrogen) atoms. The van der Waals surface area contributed by atoms with Crippen LogP contribution in [0.3, 0.4) is 0 Å². The first-order valence-electron chi connectivity index (χ1n) is 6.28. The summed E-state index contributed by atoms with van der Waals surface area (Å²) < 4.78 is 13.5. The average Bonchev–Trinajstić information content (AvgIpc) is 2.34. The van der Waals surface area contributed by atoms with E-state index < -0.39 is 0 Å². The van der Waals surface area contributed by atoms with E-state index in [2.05, 4.69) is 15.9 Å². The highest BCUT2D eigenvalue weighted by Gasteiger charge is 2.24. The lowest BCUT2D eigenvalue weighted by Crippen LogP contribution is -2.30. The van der Waals surface area contributed by atoms with E-state index in [-0.39, 0.29) is 23.6 Å². The Kier molecular flexibility index (Phi) is 4.51. The first-order valence-corrected chi connectivity index (χ1v) is 7.08. The van der Waals surface area contributed by atoms with Crippen LogP contribution in [-0.4, -0.2) is 11.8 Å². The molecule has 0 bridgehead atoms. The Hall–Kier alpha value is -0.740. The molecule has 1 aliphatic carbocycles. The van der Waals surface area contributed by atoms with Gasteiger partial charge in [-0.05, 0) is 59.3 Å². The Balaban J connectivity index is 1.96. The molecule has 1 saturated carbocycles. The van der Waals surface area contributed by atoms with Gasteiger partial charge < -0.3 is 5.73 Å². The topological polar surface area (TPSA) is 43.1 Å². The molecule has 0 unspecified atom stereocenters. The highest BCUT2D eigenvalue weighted by molar-refractivity contribution is 9.10. The fraction of sp³-hybridized carbons (Fsp3) is 0.500. The number of hydrogen-bond donors (Lipinski definition) is 1. The van der Waals surface area contributed by atoms with Crippen molar-refractivity contribution >= 4 is 21.7 Å². The Labute approximate surface area is 115 Å². The average molecular weight is 314 g/mol. The molecule has 0 saturated heterocycles. The van der Waals surface area contributed by atoms with Gasteiger partial charge in [-0.2, -0.15) is 0 Å². The van der Waals surface area contributed by atoms with Gasteiger partial charge >= 0.3 is 0 Å². The molecule has 0 amide bonds. The molecule has 2 N–H and O–H groups in total. The summed E-state index contributed by atoms with van der Waals surface area (Å²) in [6, 6.07) is 5.01. The first-order chi connectivity index (χ1) is 8.56. The number of carbonyl (C=O) groups excluding carboxylic acids is 1. The van der Waals surface area contributed by atoms with E-state index >= 15 is 0 Å². The fourth-order valence-electron chi connectivity index (χ4n) is 2.44. The third-order valence-corrected chi connectivity index (χ3v) is 4.20. The van der Waals surface area contributed by atoms with E-state index in [9.17, 15) is 9.18 Å². The van der Waals surface area contributed by atoms with Crippen LogP contribution in [0.4, 0.5) is 4.39 Å². The molecule has 1 aromatic carbocycles. The normalized spacial score (nSPS) is 23.9. The summed E-state index contributed by atoms with van der Waals surface area (Å²) in [5.74, 6) is 0.0869. The minimum absolute atomic E-state index is 0.133. The molecule has 2 nitrogen and oxygen atoms in total. The molecule has 4 heteroatoms. The van der Waals surface area contributed by atoms with Crippen molar-refractivity contribution in [1.29, 1.82) is 0 Å². The quantitative estimate of drug-likeness (QED) is 0.931. The number of rotatable bonds is 3. The molecular weight excluding hydrogens is 297 g/mol. The molecule has 0 heterocycles. The van der Waals surface area contributed by atoms with E-state index in [0.717, 1.165) is 31.2 Å². The van der Waals surface area contributed by atoms with Crippen molar-refractivity contribution < 1.29 is 9.18 Å². The van der Waals surface area contributed by atoms with Crippen molar-refractivity contribution in [1.82, 2.24) is 0 Å². The highest BCUT2D eigenvalue weighted by Crippen LogP contribution is 2.26. The number of halogens is 2. The van der Waals surface area contributed by atoms with E-state index in [1.807, 2.05) is 0 Å². The van der Waals surface area contributed by atoms with Gasteiger partial charge in [-0.15, -0.1) is 0 Å². The van der Waals surface area contributed by atoms with Crippen LogP contribution in [0.25, 0.3) is 0 Å². The van der Waals surface area contributed by atoms with Gasteiger partial charge in [0.2, 0.25) is 0 Å². The van der Waals surface area contributed by atoms with E-state index in [1.165, 1.54) is 6.07 Å². The van der Waals surface area contributed by atoms with Crippen molar-refractivity contribution in [2.24, 2.45) is 11.7 Å². The largest absolute Gasteiger partial charge is 0.328 e. The van der Waals surface area contributed by atoms with Gasteiger partial charge in [-0.1, -0.05) is 6.07 Å². The van der Waals surface area contributed by atoms with Crippen LogP contribution >= 0.6 is 15.9 Å². The lowest BCUT2D eigenvalue weighted by molar-refractivity contribution is -0.123.